The van der Waals surface area contributed by atoms with E-state index in [0.717, 1.165) is 33.7 Å². The number of hydrogen-bond donors (Lipinski definition) is 0. The molecule has 38 heavy (non-hydrogen) atoms. The zero-order chi connectivity index (χ0) is 26.2. The van der Waals surface area contributed by atoms with Crippen LogP contribution in [0.1, 0.15) is 36.1 Å². The van der Waals surface area contributed by atoms with Gasteiger partial charge in [-0.15, -0.1) is 0 Å². The predicted octanol–water partition coefficient (Wildman–Crippen LogP) is 3.92. The first kappa shape index (κ1) is 23.7. The fourth-order valence-electron chi connectivity index (χ4n) is 5.18. The van der Waals surface area contributed by atoms with Crippen LogP contribution in [0.2, 0.25) is 0 Å². The van der Waals surface area contributed by atoms with Crippen LogP contribution in [0.5, 0.6) is 0 Å². The third-order valence-electron chi connectivity index (χ3n) is 7.22. The molecule has 3 aromatic rings. The molecule has 3 aromatic carbocycles. The molecule has 0 aliphatic carbocycles. The van der Waals surface area contributed by atoms with Gasteiger partial charge in [-0.05, 0) is 35.2 Å². The van der Waals surface area contributed by atoms with Gasteiger partial charge in [0, 0.05) is 6.42 Å². The number of imide groups is 1. The fraction of sp³-hybridized carbons (Fsp3) is 0.241. The highest BCUT2D eigenvalue weighted by Gasteiger charge is 2.55. The Morgan fingerprint density at radius 2 is 1.58 bits per heavy atom. The lowest BCUT2D eigenvalue weighted by Gasteiger charge is -2.25. The lowest BCUT2D eigenvalue weighted by molar-refractivity contribution is -0.135. The predicted molar refractivity (Wildman–Crippen MR) is 141 cm³/mol. The third kappa shape index (κ3) is 4.06. The molecule has 190 valence electrons. The standard InChI is InChI=1S/C29H26N6O3/c1-2-19-13-15-22(16-14-19)34-28(37)26-27(29(34)38)33(32-30-26)18-25(36)35-24(21-11-7-4-8-12-21)17-23(31-35)20-9-5-3-6-10-20/h3-16,24,26-27H,2,17-18H2,1H3/t24-,26+,27-/m0/s1. The van der Waals surface area contributed by atoms with E-state index in [1.807, 2.05) is 79.7 Å². The van der Waals surface area contributed by atoms with Crippen LogP contribution in [0.4, 0.5) is 5.69 Å². The van der Waals surface area contributed by atoms with Crippen LogP contribution in [0, 0.1) is 0 Å². The maximum Gasteiger partial charge on any atom is 0.264 e. The molecule has 3 aliphatic rings. The van der Waals surface area contributed by atoms with Crippen molar-refractivity contribution < 1.29 is 14.4 Å². The summed E-state index contributed by atoms with van der Waals surface area (Å²) in [5.41, 5.74) is 4.32. The molecular formula is C29H26N6O3. The number of anilines is 1. The van der Waals surface area contributed by atoms with Crippen molar-refractivity contribution in [3.8, 4) is 0 Å². The minimum absolute atomic E-state index is 0.221. The molecule has 3 amide bonds. The highest BCUT2D eigenvalue weighted by Crippen LogP contribution is 2.35. The number of amides is 3. The first-order valence-electron chi connectivity index (χ1n) is 12.7. The van der Waals surface area contributed by atoms with Crippen molar-refractivity contribution in [2.24, 2.45) is 15.4 Å². The molecule has 0 N–H and O–H groups in total. The summed E-state index contributed by atoms with van der Waals surface area (Å²) in [5, 5.41) is 15.6. The van der Waals surface area contributed by atoms with Gasteiger partial charge in [-0.25, -0.2) is 9.91 Å². The topological polar surface area (TPSA) is 98.0 Å². The monoisotopic (exact) mass is 506 g/mol. The fourth-order valence-corrected chi connectivity index (χ4v) is 5.18. The minimum Gasteiger partial charge on any atom is -0.271 e. The second-order valence-corrected chi connectivity index (χ2v) is 9.51. The third-order valence-corrected chi connectivity index (χ3v) is 7.22. The molecule has 0 saturated carbocycles. The smallest absolute Gasteiger partial charge is 0.264 e. The summed E-state index contributed by atoms with van der Waals surface area (Å²) in [7, 11) is 0. The quantitative estimate of drug-likeness (QED) is 0.473. The lowest BCUT2D eigenvalue weighted by atomic mass is 9.98. The van der Waals surface area contributed by atoms with Crippen molar-refractivity contribution in [1.82, 2.24) is 10.0 Å². The molecule has 3 aliphatic heterocycles. The highest BCUT2D eigenvalue weighted by molar-refractivity contribution is 6.25. The van der Waals surface area contributed by atoms with Crippen molar-refractivity contribution in [2.45, 2.75) is 37.9 Å². The number of nitrogens with zero attached hydrogens (tertiary/aromatic N) is 6. The van der Waals surface area contributed by atoms with Crippen molar-refractivity contribution in [1.29, 1.82) is 0 Å². The molecule has 3 atom stereocenters. The van der Waals surface area contributed by atoms with Crippen molar-refractivity contribution >= 4 is 29.1 Å². The van der Waals surface area contributed by atoms with Gasteiger partial charge in [0.1, 0.15) is 6.54 Å². The number of carbonyl (C=O) groups is 3. The van der Waals surface area contributed by atoms with Crippen molar-refractivity contribution in [3.63, 3.8) is 0 Å². The van der Waals surface area contributed by atoms with Gasteiger partial charge in [-0.2, -0.15) is 10.2 Å². The lowest BCUT2D eigenvalue weighted by Crippen LogP contribution is -2.44. The zero-order valence-electron chi connectivity index (χ0n) is 20.8. The Bertz CT molecular complexity index is 1440. The van der Waals surface area contributed by atoms with E-state index in [1.54, 1.807) is 12.1 Å². The van der Waals surface area contributed by atoms with Gasteiger partial charge in [0.25, 0.3) is 17.7 Å². The van der Waals surface area contributed by atoms with E-state index in [9.17, 15) is 14.4 Å². The first-order valence-corrected chi connectivity index (χ1v) is 12.7. The number of aryl methyl sites for hydroxylation is 1. The number of hydrazone groups is 1. The Hall–Kier alpha value is -4.66. The van der Waals surface area contributed by atoms with E-state index < -0.39 is 23.9 Å². The van der Waals surface area contributed by atoms with Crippen LogP contribution in [-0.2, 0) is 20.8 Å². The summed E-state index contributed by atoms with van der Waals surface area (Å²) >= 11 is 0. The second kappa shape index (κ2) is 9.66. The van der Waals surface area contributed by atoms with Gasteiger partial charge in [0.15, 0.2) is 12.1 Å². The average Bonchev–Trinajstić information content (AvgIpc) is 3.65. The number of carbonyl (C=O) groups excluding carboxylic acids is 3. The van der Waals surface area contributed by atoms with E-state index in [1.165, 1.54) is 10.0 Å². The van der Waals surface area contributed by atoms with E-state index in [2.05, 4.69) is 10.3 Å². The SMILES string of the molecule is CCc1ccc(N2C(=O)[C@@H]3[C@@H](N=NN3CC(=O)N3N=C(c4ccccc4)C[C@H]3c3ccccc3)C2=O)cc1. The number of hydrogen-bond acceptors (Lipinski definition) is 7. The van der Waals surface area contributed by atoms with Gasteiger partial charge in [-0.3, -0.25) is 19.4 Å². The van der Waals surface area contributed by atoms with Crippen LogP contribution in [0.15, 0.2) is 100 Å². The number of fused-ring (bicyclic) bond motifs is 1. The van der Waals surface area contributed by atoms with Gasteiger partial charge in [-0.1, -0.05) is 84.9 Å². The van der Waals surface area contributed by atoms with Crippen LogP contribution in [0.25, 0.3) is 0 Å². The molecule has 9 nitrogen and oxygen atoms in total. The van der Waals surface area contributed by atoms with Gasteiger partial charge >= 0.3 is 0 Å². The van der Waals surface area contributed by atoms with E-state index in [-0.39, 0.29) is 18.5 Å². The van der Waals surface area contributed by atoms with E-state index in [4.69, 9.17) is 5.10 Å². The maximum atomic E-state index is 13.6. The Morgan fingerprint density at radius 3 is 2.26 bits per heavy atom. The molecular weight excluding hydrogens is 480 g/mol. The number of benzene rings is 3. The largest absolute Gasteiger partial charge is 0.271 e. The summed E-state index contributed by atoms with van der Waals surface area (Å²) in [5.74, 6) is -1.19. The Morgan fingerprint density at radius 1 is 0.895 bits per heavy atom. The molecule has 0 radical (unpaired) electrons. The summed E-state index contributed by atoms with van der Waals surface area (Å²) in [6, 6.07) is 24.6. The van der Waals surface area contributed by atoms with Crippen LogP contribution in [-0.4, -0.2) is 52.1 Å². The molecule has 6 rings (SSSR count). The summed E-state index contributed by atoms with van der Waals surface area (Å²) in [4.78, 5) is 41.2. The van der Waals surface area contributed by atoms with Crippen molar-refractivity contribution in [2.75, 3.05) is 11.4 Å². The molecule has 0 aromatic heterocycles. The Kier molecular flexibility index (Phi) is 6.03. The van der Waals surface area contributed by atoms with E-state index >= 15 is 0 Å². The molecule has 0 spiro atoms. The molecule has 1 saturated heterocycles. The average molecular weight is 507 g/mol. The summed E-state index contributed by atoms with van der Waals surface area (Å²) in [6.07, 6.45) is 1.42. The van der Waals surface area contributed by atoms with Crippen LogP contribution >= 0.6 is 0 Å². The first-order chi connectivity index (χ1) is 18.5. The van der Waals surface area contributed by atoms with Crippen LogP contribution < -0.4 is 4.90 Å². The van der Waals surface area contributed by atoms with Gasteiger partial charge in [0.2, 0.25) is 0 Å². The van der Waals surface area contributed by atoms with Gasteiger partial charge in [0.05, 0.1) is 17.4 Å². The molecule has 0 unspecified atom stereocenters. The molecule has 3 heterocycles. The zero-order valence-corrected chi connectivity index (χ0v) is 20.8. The summed E-state index contributed by atoms with van der Waals surface area (Å²) < 4.78 is 0. The van der Waals surface area contributed by atoms with E-state index in [0.29, 0.717) is 12.1 Å². The number of rotatable bonds is 6. The van der Waals surface area contributed by atoms with Crippen LogP contribution in [0.3, 0.4) is 0 Å². The minimum atomic E-state index is -0.965. The molecule has 0 bridgehead atoms. The van der Waals surface area contributed by atoms with Crippen molar-refractivity contribution in [3.05, 3.63) is 102 Å². The molecule has 9 heteroatoms. The summed E-state index contributed by atoms with van der Waals surface area (Å²) in [6.45, 7) is 1.82. The normalized spacial score (nSPS) is 22.3. The maximum absolute atomic E-state index is 13.6. The molecule has 1 fully saturated rings. The Labute approximate surface area is 220 Å². The highest BCUT2D eigenvalue weighted by atomic mass is 16.2. The van der Waals surface area contributed by atoms with Gasteiger partial charge < -0.3 is 0 Å². The Balaban J connectivity index is 1.24. The second-order valence-electron chi connectivity index (χ2n) is 9.51.